The van der Waals surface area contributed by atoms with Gasteiger partial charge in [-0.2, -0.15) is 0 Å². The van der Waals surface area contributed by atoms with E-state index in [1.807, 2.05) is 0 Å². The minimum Gasteiger partial charge on any atom is -0.457 e. The molecule has 11 nitrogen and oxygen atoms in total. The van der Waals surface area contributed by atoms with E-state index >= 15 is 0 Å². The van der Waals surface area contributed by atoms with E-state index in [1.165, 1.54) is 48.5 Å². The Kier molecular flexibility index (Phi) is 6.88. The first kappa shape index (κ1) is 22.1. The van der Waals surface area contributed by atoms with Crippen LogP contribution in [0.2, 0.25) is 0 Å². The maximum Gasteiger partial charge on any atom is 0.271 e. The molecule has 3 aromatic carbocycles. The maximum atomic E-state index is 11.4. The highest BCUT2D eigenvalue weighted by atomic mass is 32.1. The molecule has 2 N–H and O–H groups in total. The Hall–Kier alpha value is -4.58. The number of non-ortho nitro benzene ring substituents is 2. The van der Waals surface area contributed by atoms with E-state index in [-0.39, 0.29) is 22.2 Å². The number of rotatable bonds is 8. The van der Waals surface area contributed by atoms with Gasteiger partial charge in [-0.1, -0.05) is 6.07 Å². The Balaban J connectivity index is 1.60. The van der Waals surface area contributed by atoms with E-state index in [0.29, 0.717) is 23.6 Å². The Bertz CT molecular complexity index is 1150. The van der Waals surface area contributed by atoms with E-state index in [4.69, 9.17) is 17.0 Å². The molecule has 0 fully saturated rings. The monoisotopic (exact) mass is 453 g/mol. The van der Waals surface area contributed by atoms with Gasteiger partial charge >= 0.3 is 0 Å². The van der Waals surface area contributed by atoms with Gasteiger partial charge in [0, 0.05) is 30.0 Å². The summed E-state index contributed by atoms with van der Waals surface area (Å²) < 4.78 is 5.63. The van der Waals surface area contributed by atoms with Gasteiger partial charge in [0.2, 0.25) is 6.41 Å². The highest BCUT2D eigenvalue weighted by Gasteiger charge is 2.12. The molecular formula is C20H15N5O6S. The van der Waals surface area contributed by atoms with Crippen molar-refractivity contribution >= 4 is 46.5 Å². The maximum absolute atomic E-state index is 11.4. The zero-order chi connectivity index (χ0) is 23.1. The van der Waals surface area contributed by atoms with Gasteiger partial charge in [0.15, 0.2) is 5.11 Å². The van der Waals surface area contributed by atoms with Crippen LogP contribution in [0.5, 0.6) is 11.5 Å². The van der Waals surface area contributed by atoms with Gasteiger partial charge in [0.25, 0.3) is 11.4 Å². The Morgan fingerprint density at radius 2 is 1.50 bits per heavy atom. The van der Waals surface area contributed by atoms with Crippen LogP contribution in [0.15, 0.2) is 72.8 Å². The number of ether oxygens (including phenoxy) is 1. The summed E-state index contributed by atoms with van der Waals surface area (Å²) in [6.07, 6.45) is 0.439. The van der Waals surface area contributed by atoms with Crippen LogP contribution in [0, 0.1) is 20.2 Å². The summed E-state index contributed by atoms with van der Waals surface area (Å²) in [5, 5.41) is 25.6. The summed E-state index contributed by atoms with van der Waals surface area (Å²) in [6, 6.07) is 17.8. The van der Waals surface area contributed by atoms with Gasteiger partial charge in [0.1, 0.15) is 11.5 Å². The van der Waals surface area contributed by atoms with Gasteiger partial charge in [-0.15, -0.1) is 0 Å². The lowest BCUT2D eigenvalue weighted by atomic mass is 10.3. The second-order valence-electron chi connectivity index (χ2n) is 6.20. The predicted molar refractivity (Wildman–Crippen MR) is 121 cm³/mol. The molecule has 0 saturated heterocycles. The fourth-order valence-electron chi connectivity index (χ4n) is 2.55. The fourth-order valence-corrected chi connectivity index (χ4v) is 2.77. The van der Waals surface area contributed by atoms with Crippen molar-refractivity contribution in [3.63, 3.8) is 0 Å². The first-order chi connectivity index (χ1) is 15.4. The van der Waals surface area contributed by atoms with Crippen LogP contribution in [-0.4, -0.2) is 21.4 Å². The van der Waals surface area contributed by atoms with Crippen molar-refractivity contribution in [3.8, 4) is 11.5 Å². The largest absolute Gasteiger partial charge is 0.457 e. The lowest BCUT2D eigenvalue weighted by molar-refractivity contribution is -0.385. The van der Waals surface area contributed by atoms with E-state index in [1.54, 1.807) is 24.3 Å². The second kappa shape index (κ2) is 9.95. The van der Waals surface area contributed by atoms with Crippen LogP contribution >= 0.6 is 12.2 Å². The predicted octanol–water partition coefficient (Wildman–Crippen LogP) is 4.16. The smallest absolute Gasteiger partial charge is 0.271 e. The Morgan fingerprint density at radius 1 is 0.906 bits per heavy atom. The average Bonchev–Trinajstić information content (AvgIpc) is 2.79. The number of hydrazine groups is 1. The number of nitrogens with zero attached hydrogens (tertiary/aromatic N) is 3. The van der Waals surface area contributed by atoms with Crippen molar-refractivity contribution in [3.05, 3.63) is 93.0 Å². The van der Waals surface area contributed by atoms with Gasteiger partial charge in [-0.3, -0.25) is 30.4 Å². The molecule has 0 bridgehead atoms. The number of anilines is 2. The summed E-state index contributed by atoms with van der Waals surface area (Å²) in [4.78, 5) is 32.0. The quantitative estimate of drug-likeness (QED) is 0.223. The first-order valence-corrected chi connectivity index (χ1v) is 9.35. The molecule has 0 aliphatic heterocycles. The molecule has 0 aliphatic rings. The molecule has 0 radical (unpaired) electrons. The molecule has 0 unspecified atom stereocenters. The molecule has 0 heterocycles. The van der Waals surface area contributed by atoms with Crippen LogP contribution in [-0.2, 0) is 4.79 Å². The summed E-state index contributed by atoms with van der Waals surface area (Å²) in [7, 11) is 0. The number of hydrogen-bond acceptors (Lipinski definition) is 7. The molecular weight excluding hydrogens is 438 g/mol. The van der Waals surface area contributed by atoms with Crippen LogP contribution in [0.25, 0.3) is 0 Å². The summed E-state index contributed by atoms with van der Waals surface area (Å²) in [5.41, 5.74) is 3.27. The first-order valence-electron chi connectivity index (χ1n) is 8.95. The molecule has 0 aliphatic carbocycles. The molecule has 0 aromatic heterocycles. The van der Waals surface area contributed by atoms with Crippen LogP contribution in [0.4, 0.5) is 22.7 Å². The van der Waals surface area contributed by atoms with Gasteiger partial charge < -0.3 is 10.1 Å². The molecule has 32 heavy (non-hydrogen) atoms. The molecule has 0 spiro atoms. The van der Waals surface area contributed by atoms with E-state index in [0.717, 1.165) is 5.01 Å². The number of thiocarbonyl (C=S) groups is 1. The van der Waals surface area contributed by atoms with Crippen LogP contribution in [0.3, 0.4) is 0 Å². The number of hydrogen-bond donors (Lipinski definition) is 2. The van der Waals surface area contributed by atoms with Crippen molar-refractivity contribution in [1.29, 1.82) is 0 Å². The van der Waals surface area contributed by atoms with Gasteiger partial charge in [0.05, 0.1) is 15.5 Å². The third-order valence-corrected chi connectivity index (χ3v) is 4.23. The van der Waals surface area contributed by atoms with E-state index in [2.05, 4.69) is 10.7 Å². The van der Waals surface area contributed by atoms with Crippen molar-refractivity contribution in [2.75, 3.05) is 10.3 Å². The summed E-state index contributed by atoms with van der Waals surface area (Å²) >= 11 is 5.19. The average molecular weight is 453 g/mol. The normalized spacial score (nSPS) is 10.0. The number of benzene rings is 3. The third-order valence-electron chi connectivity index (χ3n) is 4.04. The number of nitro groups is 2. The molecule has 0 atom stereocenters. The minimum atomic E-state index is -0.566. The van der Waals surface area contributed by atoms with Crippen molar-refractivity contribution in [1.82, 2.24) is 5.43 Å². The molecule has 0 saturated carbocycles. The second-order valence-corrected chi connectivity index (χ2v) is 6.60. The number of nitrogens with one attached hydrogen (secondary N) is 2. The SMILES string of the molecule is O=CN(NC(=S)Nc1ccc(Oc2ccc([N+](=O)[O-])cc2)cc1)c1cccc([N+](=O)[O-])c1. The van der Waals surface area contributed by atoms with Gasteiger partial charge in [-0.25, -0.2) is 5.01 Å². The molecule has 12 heteroatoms. The Labute approximate surface area is 186 Å². The highest BCUT2D eigenvalue weighted by molar-refractivity contribution is 7.80. The fraction of sp³-hybridized carbons (Fsp3) is 0. The number of nitro benzene ring substituents is 2. The molecule has 3 rings (SSSR count). The van der Waals surface area contributed by atoms with Gasteiger partial charge in [-0.05, 0) is 54.7 Å². The van der Waals surface area contributed by atoms with Crippen LogP contribution in [0.1, 0.15) is 0 Å². The highest BCUT2D eigenvalue weighted by Crippen LogP contribution is 2.25. The van der Waals surface area contributed by atoms with Crippen molar-refractivity contribution in [2.24, 2.45) is 0 Å². The Morgan fingerprint density at radius 3 is 2.06 bits per heavy atom. The number of carbonyl (C=O) groups is 1. The third kappa shape index (κ3) is 5.73. The zero-order valence-corrected chi connectivity index (χ0v) is 17.0. The van der Waals surface area contributed by atoms with E-state index < -0.39 is 9.85 Å². The number of amides is 1. The lowest BCUT2D eigenvalue weighted by Gasteiger charge is -2.20. The molecule has 1 amide bonds. The van der Waals surface area contributed by atoms with E-state index in [9.17, 15) is 25.0 Å². The van der Waals surface area contributed by atoms with Crippen molar-refractivity contribution < 1.29 is 19.4 Å². The molecule has 3 aromatic rings. The summed E-state index contributed by atoms with van der Waals surface area (Å²) in [5.74, 6) is 0.932. The number of carbonyl (C=O) groups excluding carboxylic acids is 1. The zero-order valence-electron chi connectivity index (χ0n) is 16.2. The lowest BCUT2D eigenvalue weighted by Crippen LogP contribution is -2.43. The summed E-state index contributed by atoms with van der Waals surface area (Å²) in [6.45, 7) is 0. The van der Waals surface area contributed by atoms with Crippen LogP contribution < -0.4 is 20.5 Å². The topological polar surface area (TPSA) is 140 Å². The minimum absolute atomic E-state index is 0.0348. The standard InChI is InChI=1S/C20H15N5O6S/c26-13-23(16-2-1-3-17(12-16)25(29)30)22-20(32)21-14-4-8-18(9-5-14)31-19-10-6-15(7-11-19)24(27)28/h1-13H,(H2,21,22,32). The van der Waals surface area contributed by atoms with Crippen molar-refractivity contribution in [2.45, 2.75) is 0 Å². The molecule has 162 valence electrons.